The molecule has 0 fully saturated rings. The second-order valence-electron chi connectivity index (χ2n) is 5.11. The van der Waals surface area contributed by atoms with Gasteiger partial charge in [0.05, 0.1) is 18.2 Å². The van der Waals surface area contributed by atoms with E-state index in [1.54, 1.807) is 6.07 Å². The lowest BCUT2D eigenvalue weighted by atomic mass is 10.2. The van der Waals surface area contributed by atoms with Crippen molar-refractivity contribution in [3.63, 3.8) is 0 Å². The van der Waals surface area contributed by atoms with Crippen molar-refractivity contribution >= 4 is 24.0 Å². The molecule has 0 unspecified atom stereocenters. The molecule has 1 heterocycles. The van der Waals surface area contributed by atoms with Gasteiger partial charge in [0.25, 0.3) is 5.91 Å². The molecule has 1 aromatic heterocycles. The van der Waals surface area contributed by atoms with E-state index < -0.39 is 0 Å². The van der Waals surface area contributed by atoms with Gasteiger partial charge in [0.2, 0.25) is 0 Å². The van der Waals surface area contributed by atoms with Crippen LogP contribution in [0.5, 0.6) is 5.75 Å². The lowest BCUT2D eigenvalue weighted by Crippen LogP contribution is -2.11. The van der Waals surface area contributed by atoms with Crippen LogP contribution in [-0.4, -0.2) is 12.0 Å². The summed E-state index contributed by atoms with van der Waals surface area (Å²) in [5, 5.41) is 2.82. The van der Waals surface area contributed by atoms with Crippen LogP contribution in [0.2, 0.25) is 0 Å². The van der Waals surface area contributed by atoms with Gasteiger partial charge in [-0.1, -0.05) is 0 Å². The zero-order valence-electron chi connectivity index (χ0n) is 12.9. The van der Waals surface area contributed by atoms with Crippen molar-refractivity contribution in [1.29, 1.82) is 0 Å². The normalized spacial score (nSPS) is 10.2. The van der Waals surface area contributed by atoms with Gasteiger partial charge in [-0.05, 0) is 50.6 Å². The van der Waals surface area contributed by atoms with Crippen molar-refractivity contribution in [2.75, 3.05) is 5.32 Å². The first-order chi connectivity index (χ1) is 9.99. The minimum atomic E-state index is -0.227. The highest BCUT2D eigenvalue weighted by Gasteiger charge is 2.11. The highest BCUT2D eigenvalue weighted by Crippen LogP contribution is 2.23. The van der Waals surface area contributed by atoms with Gasteiger partial charge >= 0.3 is 0 Å². The molecule has 2 rings (SSSR count). The van der Waals surface area contributed by atoms with E-state index in [-0.39, 0.29) is 31.0 Å². The highest BCUT2D eigenvalue weighted by molar-refractivity contribution is 6.04. The van der Waals surface area contributed by atoms with Gasteiger partial charge in [-0.15, -0.1) is 12.4 Å². The third kappa shape index (κ3) is 4.51. The maximum Gasteiger partial charge on any atom is 0.258 e. The lowest BCUT2D eigenvalue weighted by molar-refractivity contribution is 0.102. The predicted octanol–water partition coefficient (Wildman–Crippen LogP) is 3.51. The van der Waals surface area contributed by atoms with E-state index >= 15 is 0 Å². The maximum absolute atomic E-state index is 12.1. The molecule has 0 aliphatic heterocycles. The highest BCUT2D eigenvalue weighted by atomic mass is 35.5. The predicted molar refractivity (Wildman–Crippen MR) is 88.7 cm³/mol. The molecule has 0 atom stereocenters. The third-order valence-corrected chi connectivity index (χ3v) is 2.91. The number of aryl methyl sites for hydroxylation is 1. The first-order valence-electron chi connectivity index (χ1n) is 6.85. The Bertz CT molecular complexity index is 638. The van der Waals surface area contributed by atoms with Crippen LogP contribution >= 0.6 is 12.4 Å². The Morgan fingerprint density at radius 3 is 2.64 bits per heavy atom. The molecule has 0 radical (unpaired) electrons. The Hall–Kier alpha value is -1.98. The van der Waals surface area contributed by atoms with Crippen LogP contribution < -0.4 is 15.8 Å². The second-order valence-corrected chi connectivity index (χ2v) is 5.11. The van der Waals surface area contributed by atoms with Crippen molar-refractivity contribution in [3.8, 4) is 5.75 Å². The molecule has 5 nitrogen and oxygen atoms in total. The monoisotopic (exact) mass is 324 g/mol. The molecule has 0 aliphatic rings. The number of nitrogens with one attached hydrogen (secondary N) is 1. The smallest absolute Gasteiger partial charge is 0.258 e. The van der Waals surface area contributed by atoms with Crippen molar-refractivity contribution in [2.24, 2.45) is 5.73 Å². The molecule has 22 heavy (non-hydrogen) atoms. The molecule has 0 saturated heterocycles. The van der Waals surface area contributed by atoms with E-state index in [4.69, 9.17) is 14.9 Å². The molecule has 1 amide bonds. The summed E-state index contributed by atoms with van der Waals surface area (Å²) < 4.78 is 10.8. The summed E-state index contributed by atoms with van der Waals surface area (Å²) >= 11 is 0. The molecule has 0 aliphatic carbocycles. The van der Waals surface area contributed by atoms with Crippen molar-refractivity contribution in [2.45, 2.75) is 33.4 Å². The lowest BCUT2D eigenvalue weighted by Gasteiger charge is -2.13. The fraction of sp³-hybridized carbons (Fsp3) is 0.312. The van der Waals surface area contributed by atoms with Crippen LogP contribution in [-0.2, 0) is 6.54 Å². The van der Waals surface area contributed by atoms with Crippen LogP contribution in [0.1, 0.15) is 35.5 Å². The first-order valence-corrected chi connectivity index (χ1v) is 6.85. The zero-order valence-corrected chi connectivity index (χ0v) is 13.7. The first kappa shape index (κ1) is 18.1. The van der Waals surface area contributed by atoms with Gasteiger partial charge in [0.1, 0.15) is 17.8 Å². The molecular weight excluding hydrogens is 304 g/mol. The van der Waals surface area contributed by atoms with Gasteiger partial charge < -0.3 is 20.2 Å². The number of furan rings is 1. The molecule has 0 bridgehead atoms. The van der Waals surface area contributed by atoms with Crippen LogP contribution in [0.25, 0.3) is 0 Å². The van der Waals surface area contributed by atoms with E-state index in [1.165, 1.54) is 6.26 Å². The number of hydrogen-bond donors (Lipinski definition) is 2. The summed E-state index contributed by atoms with van der Waals surface area (Å²) in [5.74, 6) is 1.17. The average molecular weight is 325 g/mol. The van der Waals surface area contributed by atoms with E-state index in [1.807, 2.05) is 39.0 Å². The van der Waals surface area contributed by atoms with Gasteiger partial charge in [-0.3, -0.25) is 4.79 Å². The third-order valence-electron chi connectivity index (χ3n) is 2.91. The quantitative estimate of drug-likeness (QED) is 0.882. The number of nitrogens with two attached hydrogens (primary N) is 1. The number of ether oxygens (including phenoxy) is 1. The zero-order chi connectivity index (χ0) is 15.4. The summed E-state index contributed by atoms with van der Waals surface area (Å²) in [6.45, 7) is 6.16. The molecule has 0 spiro atoms. The van der Waals surface area contributed by atoms with Crippen LogP contribution in [0.4, 0.5) is 5.69 Å². The average Bonchev–Trinajstić information content (AvgIpc) is 2.90. The summed E-state index contributed by atoms with van der Waals surface area (Å²) in [6, 6.07) is 7.18. The van der Waals surface area contributed by atoms with E-state index in [0.717, 1.165) is 11.3 Å². The largest absolute Gasteiger partial charge is 0.491 e. The van der Waals surface area contributed by atoms with Gasteiger partial charge in [-0.25, -0.2) is 0 Å². The van der Waals surface area contributed by atoms with Gasteiger partial charge in [0, 0.05) is 5.69 Å². The summed E-state index contributed by atoms with van der Waals surface area (Å²) in [5.41, 5.74) is 7.59. The fourth-order valence-corrected chi connectivity index (χ4v) is 1.92. The summed E-state index contributed by atoms with van der Waals surface area (Å²) in [6.07, 6.45) is 1.52. The molecule has 3 N–H and O–H groups in total. The maximum atomic E-state index is 12.1. The van der Waals surface area contributed by atoms with Gasteiger partial charge in [-0.2, -0.15) is 0 Å². The number of anilines is 1. The Kier molecular flexibility index (Phi) is 6.46. The van der Waals surface area contributed by atoms with Crippen molar-refractivity contribution < 1.29 is 13.9 Å². The number of amides is 1. The molecule has 120 valence electrons. The number of halogens is 1. The number of carbonyl (C=O) groups is 1. The topological polar surface area (TPSA) is 77.5 Å². The van der Waals surface area contributed by atoms with Crippen molar-refractivity contribution in [1.82, 2.24) is 0 Å². The van der Waals surface area contributed by atoms with Crippen LogP contribution in [0, 0.1) is 6.92 Å². The second kappa shape index (κ2) is 7.87. The van der Waals surface area contributed by atoms with Crippen LogP contribution in [0.15, 0.2) is 34.9 Å². The number of carbonyl (C=O) groups excluding carboxylic acids is 1. The molecule has 6 heteroatoms. The molecule has 2 aromatic rings. The van der Waals surface area contributed by atoms with E-state index in [9.17, 15) is 4.79 Å². The van der Waals surface area contributed by atoms with E-state index in [0.29, 0.717) is 17.0 Å². The molecule has 0 saturated carbocycles. The van der Waals surface area contributed by atoms with Gasteiger partial charge in [0.15, 0.2) is 0 Å². The number of rotatable bonds is 5. The van der Waals surface area contributed by atoms with E-state index in [2.05, 4.69) is 5.32 Å². The molecule has 1 aromatic carbocycles. The summed E-state index contributed by atoms with van der Waals surface area (Å²) in [4.78, 5) is 12.1. The molecular formula is C16H21ClN2O3. The minimum absolute atomic E-state index is 0. The summed E-state index contributed by atoms with van der Waals surface area (Å²) in [7, 11) is 0. The Morgan fingerprint density at radius 1 is 1.36 bits per heavy atom. The minimum Gasteiger partial charge on any atom is -0.491 e. The number of benzene rings is 1. The standard InChI is InChI=1S/C16H20N2O3.ClH/c1-10(2)21-15-5-4-13(6-11(15)3)18-16(19)12-7-14(8-17)20-9-12;/h4-7,9-10H,8,17H2,1-3H3,(H,18,19);1H. The van der Waals surface area contributed by atoms with Crippen LogP contribution in [0.3, 0.4) is 0 Å². The van der Waals surface area contributed by atoms with Crippen molar-refractivity contribution in [3.05, 3.63) is 47.4 Å². The Balaban J connectivity index is 0.00000242. The SMILES string of the molecule is Cc1cc(NC(=O)c2coc(CN)c2)ccc1OC(C)C.Cl. The Labute approximate surface area is 136 Å². The fourth-order valence-electron chi connectivity index (χ4n) is 1.92. The Morgan fingerprint density at radius 2 is 2.09 bits per heavy atom. The number of hydrogen-bond acceptors (Lipinski definition) is 4.